The Hall–Kier alpha value is -2.89. The molecule has 0 fully saturated rings. The maximum absolute atomic E-state index is 13.1. The van der Waals surface area contributed by atoms with Crippen LogP contribution in [0.25, 0.3) is 5.52 Å². The van der Waals surface area contributed by atoms with Crippen LogP contribution >= 0.6 is 0 Å². The third-order valence-electron chi connectivity index (χ3n) is 5.60. The van der Waals surface area contributed by atoms with E-state index in [1.165, 1.54) is 11.0 Å². The summed E-state index contributed by atoms with van der Waals surface area (Å²) >= 11 is 0. The molecule has 6 heteroatoms. The minimum absolute atomic E-state index is 0.00717. The first-order chi connectivity index (χ1) is 13.6. The fourth-order valence-corrected chi connectivity index (χ4v) is 4.09. The highest BCUT2D eigenvalue weighted by molar-refractivity contribution is 5.92. The highest BCUT2D eigenvalue weighted by Crippen LogP contribution is 2.23. The number of hydrogen-bond acceptors (Lipinski definition) is 3. The first kappa shape index (κ1) is 18.5. The molecule has 1 aliphatic rings. The summed E-state index contributed by atoms with van der Waals surface area (Å²) in [5.41, 5.74) is 5.54. The fourth-order valence-electron chi connectivity index (χ4n) is 4.09. The van der Waals surface area contributed by atoms with Gasteiger partial charge in [0.15, 0.2) is 0 Å². The van der Waals surface area contributed by atoms with Gasteiger partial charge in [0.1, 0.15) is 12.1 Å². The smallest absolute Gasteiger partial charge is 0.277 e. The number of fused-ring (bicyclic) bond motifs is 3. The minimum Gasteiger partial charge on any atom is -0.324 e. The minimum atomic E-state index is -0.193. The van der Waals surface area contributed by atoms with Crippen LogP contribution < -0.4 is 10.9 Å². The summed E-state index contributed by atoms with van der Waals surface area (Å²) in [7, 11) is 0. The first-order valence-electron chi connectivity index (χ1n) is 10.1. The number of carbonyl (C=O) groups is 1. The van der Waals surface area contributed by atoms with Crippen LogP contribution in [-0.2, 0) is 30.6 Å². The lowest BCUT2D eigenvalue weighted by molar-refractivity contribution is -0.116. The Morgan fingerprint density at radius 2 is 2.00 bits per heavy atom. The average Bonchev–Trinajstić information content (AvgIpc) is 2.88. The van der Waals surface area contributed by atoms with Gasteiger partial charge in [0.05, 0.1) is 5.69 Å². The molecule has 0 aliphatic heterocycles. The van der Waals surface area contributed by atoms with E-state index in [0.717, 1.165) is 60.2 Å². The molecule has 1 N–H and O–H groups in total. The quantitative estimate of drug-likeness (QED) is 0.709. The molecule has 0 saturated heterocycles. The molecule has 0 atom stereocenters. The normalized spacial score (nSPS) is 13.9. The SMILES string of the molecule is CCc1cccc(C)c1NC(=O)Cn1ccn2nc3c(c2c1=O)CCCCC3. The predicted molar refractivity (Wildman–Crippen MR) is 110 cm³/mol. The number of aromatic nitrogens is 3. The average molecular weight is 378 g/mol. The van der Waals surface area contributed by atoms with Gasteiger partial charge in [-0.25, -0.2) is 4.52 Å². The van der Waals surface area contributed by atoms with Crippen molar-refractivity contribution in [1.82, 2.24) is 14.2 Å². The van der Waals surface area contributed by atoms with Gasteiger partial charge < -0.3 is 9.88 Å². The van der Waals surface area contributed by atoms with Crippen molar-refractivity contribution >= 4 is 17.1 Å². The zero-order valence-electron chi connectivity index (χ0n) is 16.5. The van der Waals surface area contributed by atoms with Crippen molar-refractivity contribution in [1.29, 1.82) is 0 Å². The van der Waals surface area contributed by atoms with Gasteiger partial charge >= 0.3 is 0 Å². The molecule has 146 valence electrons. The molecule has 1 amide bonds. The van der Waals surface area contributed by atoms with E-state index in [-0.39, 0.29) is 18.0 Å². The number of para-hydroxylation sites is 1. The van der Waals surface area contributed by atoms with E-state index in [1.807, 2.05) is 25.1 Å². The summed E-state index contributed by atoms with van der Waals surface area (Å²) in [6.07, 6.45) is 9.44. The van der Waals surface area contributed by atoms with Gasteiger partial charge in [0, 0.05) is 23.6 Å². The molecule has 3 aromatic rings. The molecule has 0 spiro atoms. The Kier molecular flexibility index (Phi) is 5.03. The second-order valence-corrected chi connectivity index (χ2v) is 7.52. The summed E-state index contributed by atoms with van der Waals surface area (Å²) < 4.78 is 3.17. The zero-order chi connectivity index (χ0) is 19.7. The Labute approximate surface area is 164 Å². The lowest BCUT2D eigenvalue weighted by Gasteiger charge is -2.13. The summed E-state index contributed by atoms with van der Waals surface area (Å²) in [5, 5.41) is 7.60. The summed E-state index contributed by atoms with van der Waals surface area (Å²) in [6, 6.07) is 5.99. The molecule has 2 aromatic heterocycles. The maximum Gasteiger partial charge on any atom is 0.277 e. The molecule has 1 aliphatic carbocycles. The summed E-state index contributed by atoms with van der Waals surface area (Å²) in [4.78, 5) is 25.8. The van der Waals surface area contributed by atoms with Crippen LogP contribution in [0, 0.1) is 6.92 Å². The van der Waals surface area contributed by atoms with Gasteiger partial charge in [0.25, 0.3) is 5.56 Å². The van der Waals surface area contributed by atoms with E-state index in [9.17, 15) is 9.59 Å². The molecule has 0 radical (unpaired) electrons. The predicted octanol–water partition coefficient (Wildman–Crippen LogP) is 3.27. The van der Waals surface area contributed by atoms with Crippen molar-refractivity contribution in [3.05, 3.63) is 63.3 Å². The Morgan fingerprint density at radius 3 is 2.82 bits per heavy atom. The van der Waals surface area contributed by atoms with Crippen LogP contribution in [0.15, 0.2) is 35.4 Å². The van der Waals surface area contributed by atoms with E-state index >= 15 is 0 Å². The number of aryl methyl sites for hydroxylation is 4. The second-order valence-electron chi connectivity index (χ2n) is 7.52. The second kappa shape index (κ2) is 7.62. The highest BCUT2D eigenvalue weighted by Gasteiger charge is 2.19. The first-order valence-corrected chi connectivity index (χ1v) is 10.1. The topological polar surface area (TPSA) is 68.4 Å². The van der Waals surface area contributed by atoms with Crippen molar-refractivity contribution in [3.63, 3.8) is 0 Å². The molecule has 0 unspecified atom stereocenters. The molecule has 2 heterocycles. The van der Waals surface area contributed by atoms with Crippen LogP contribution in [0.1, 0.15) is 48.6 Å². The Morgan fingerprint density at radius 1 is 1.18 bits per heavy atom. The number of anilines is 1. The van der Waals surface area contributed by atoms with Crippen LogP contribution in [0.5, 0.6) is 0 Å². The Bertz CT molecular complexity index is 1090. The van der Waals surface area contributed by atoms with E-state index < -0.39 is 0 Å². The van der Waals surface area contributed by atoms with E-state index in [2.05, 4.69) is 17.3 Å². The van der Waals surface area contributed by atoms with Crippen LogP contribution in [0.3, 0.4) is 0 Å². The lowest BCUT2D eigenvalue weighted by Crippen LogP contribution is -2.29. The molecule has 4 rings (SSSR count). The summed E-state index contributed by atoms with van der Waals surface area (Å²) in [5.74, 6) is -0.193. The largest absolute Gasteiger partial charge is 0.324 e. The summed E-state index contributed by atoms with van der Waals surface area (Å²) in [6.45, 7) is 4.04. The van der Waals surface area contributed by atoms with Crippen LogP contribution in [-0.4, -0.2) is 20.1 Å². The standard InChI is InChI=1S/C22H26N4O2/c1-3-16-9-7-8-15(2)20(16)23-19(27)14-25-12-13-26-21(22(25)28)17-10-5-4-6-11-18(17)24-26/h7-9,12-13H,3-6,10-11,14H2,1-2H3,(H,23,27). The molecular formula is C22H26N4O2. The number of nitrogens with zero attached hydrogens (tertiary/aromatic N) is 3. The van der Waals surface area contributed by atoms with Crippen LogP contribution in [0.2, 0.25) is 0 Å². The highest BCUT2D eigenvalue weighted by atomic mass is 16.2. The zero-order valence-corrected chi connectivity index (χ0v) is 16.5. The van der Waals surface area contributed by atoms with Crippen molar-refractivity contribution in [2.45, 2.75) is 58.9 Å². The maximum atomic E-state index is 13.1. The van der Waals surface area contributed by atoms with Gasteiger partial charge in [-0.05, 0) is 50.2 Å². The number of nitrogens with one attached hydrogen (secondary N) is 1. The van der Waals surface area contributed by atoms with E-state index in [0.29, 0.717) is 5.52 Å². The van der Waals surface area contributed by atoms with Gasteiger partial charge in [0.2, 0.25) is 5.91 Å². The molecule has 0 saturated carbocycles. The number of rotatable bonds is 4. The lowest BCUT2D eigenvalue weighted by atomic mass is 10.1. The van der Waals surface area contributed by atoms with E-state index in [1.54, 1.807) is 16.9 Å². The van der Waals surface area contributed by atoms with Crippen molar-refractivity contribution in [2.75, 3.05) is 5.32 Å². The van der Waals surface area contributed by atoms with Crippen molar-refractivity contribution in [2.24, 2.45) is 0 Å². The molecular weight excluding hydrogens is 352 g/mol. The van der Waals surface area contributed by atoms with Crippen molar-refractivity contribution in [3.8, 4) is 0 Å². The van der Waals surface area contributed by atoms with Crippen molar-refractivity contribution < 1.29 is 4.79 Å². The third-order valence-corrected chi connectivity index (χ3v) is 5.60. The number of carbonyl (C=O) groups excluding carboxylic acids is 1. The van der Waals surface area contributed by atoms with Gasteiger partial charge in [-0.1, -0.05) is 31.5 Å². The van der Waals surface area contributed by atoms with Crippen LogP contribution in [0.4, 0.5) is 5.69 Å². The van der Waals surface area contributed by atoms with E-state index in [4.69, 9.17) is 0 Å². The van der Waals surface area contributed by atoms with Gasteiger partial charge in [-0.15, -0.1) is 0 Å². The monoisotopic (exact) mass is 378 g/mol. The molecule has 1 aromatic carbocycles. The fraction of sp³-hybridized carbons (Fsp3) is 0.409. The van der Waals surface area contributed by atoms with Gasteiger partial charge in [-0.3, -0.25) is 9.59 Å². The number of benzene rings is 1. The van der Waals surface area contributed by atoms with Gasteiger partial charge in [-0.2, -0.15) is 5.10 Å². The third kappa shape index (κ3) is 3.35. The molecule has 28 heavy (non-hydrogen) atoms. The number of amides is 1. The molecule has 6 nitrogen and oxygen atoms in total. The molecule has 0 bridgehead atoms. The number of hydrogen-bond donors (Lipinski definition) is 1. The Balaban J connectivity index is 1.63.